The van der Waals surface area contributed by atoms with Gasteiger partial charge in [0.15, 0.2) is 6.10 Å². The van der Waals surface area contributed by atoms with Crippen molar-refractivity contribution in [1.82, 2.24) is 4.98 Å². The molecule has 6 nitrogen and oxygen atoms in total. The highest BCUT2D eigenvalue weighted by molar-refractivity contribution is 9.10. The number of anilines is 1. The van der Waals surface area contributed by atoms with Crippen molar-refractivity contribution in [2.45, 2.75) is 13.0 Å². The fourth-order valence-corrected chi connectivity index (χ4v) is 2.89. The quantitative estimate of drug-likeness (QED) is 0.785. The maximum Gasteiger partial charge on any atom is 0.344 e. The van der Waals surface area contributed by atoms with Crippen LogP contribution in [0.2, 0.25) is 0 Å². The number of aliphatic carboxylic acids is 1. The Hall–Kier alpha value is -2.67. The van der Waals surface area contributed by atoms with Gasteiger partial charge in [0, 0.05) is 16.2 Å². The van der Waals surface area contributed by atoms with Crippen LogP contribution < -0.4 is 10.1 Å². The first-order valence-corrected chi connectivity index (χ1v) is 7.91. The van der Waals surface area contributed by atoms with E-state index in [9.17, 15) is 9.59 Å². The van der Waals surface area contributed by atoms with Crippen molar-refractivity contribution in [1.29, 1.82) is 0 Å². The topological polar surface area (TPSA) is 88.5 Å². The van der Waals surface area contributed by atoms with E-state index in [1.807, 2.05) is 6.07 Å². The van der Waals surface area contributed by atoms with Crippen LogP contribution in [-0.2, 0) is 9.59 Å². The average Bonchev–Trinajstić information content (AvgIpc) is 2.85. The number of fused-ring (bicyclic) bond motifs is 1. The smallest absolute Gasteiger partial charge is 0.344 e. The van der Waals surface area contributed by atoms with Gasteiger partial charge in [-0.15, -0.1) is 0 Å². The summed E-state index contributed by atoms with van der Waals surface area (Å²) in [5, 5.41) is 11.7. The molecule has 1 aromatic carbocycles. The van der Waals surface area contributed by atoms with Gasteiger partial charge in [-0.05, 0) is 46.6 Å². The van der Waals surface area contributed by atoms with Gasteiger partial charge in [-0.3, -0.25) is 9.78 Å². The number of halogens is 1. The third-order valence-corrected chi connectivity index (χ3v) is 4.09. The lowest BCUT2D eigenvalue weighted by molar-refractivity contribution is -0.144. The highest BCUT2D eigenvalue weighted by atomic mass is 79.9. The first-order chi connectivity index (χ1) is 11.5. The van der Waals surface area contributed by atoms with E-state index in [-0.39, 0.29) is 5.91 Å². The summed E-state index contributed by atoms with van der Waals surface area (Å²) in [7, 11) is 0. The molecular weight excluding hydrogens is 376 g/mol. The van der Waals surface area contributed by atoms with Crippen LogP contribution in [0.5, 0.6) is 5.75 Å². The molecule has 1 aromatic heterocycles. The third kappa shape index (κ3) is 3.16. The van der Waals surface area contributed by atoms with E-state index in [1.165, 1.54) is 6.92 Å². The van der Waals surface area contributed by atoms with Gasteiger partial charge in [0.05, 0.1) is 17.5 Å². The van der Waals surface area contributed by atoms with Crippen LogP contribution in [0, 0.1) is 0 Å². The Balaban J connectivity index is 1.96. The Bertz CT molecular complexity index is 863. The summed E-state index contributed by atoms with van der Waals surface area (Å²) in [6.45, 7) is 1.46. The molecule has 2 heterocycles. The van der Waals surface area contributed by atoms with Gasteiger partial charge in [-0.25, -0.2) is 4.79 Å². The number of benzene rings is 1. The summed E-state index contributed by atoms with van der Waals surface area (Å²) < 4.78 is 6.07. The number of hydrogen-bond acceptors (Lipinski definition) is 4. The number of amides is 1. The lowest BCUT2D eigenvalue weighted by Crippen LogP contribution is -2.22. The summed E-state index contributed by atoms with van der Waals surface area (Å²) in [4.78, 5) is 27.1. The molecule has 2 aromatic rings. The SMILES string of the molecule is CC(Oc1cccc(/C=C2\C(=O)Nc3cncc(Br)c32)c1)C(=O)O. The number of carboxylic acid groups (broad SMARTS) is 1. The van der Waals surface area contributed by atoms with Crippen LogP contribution in [0.1, 0.15) is 18.1 Å². The number of carbonyl (C=O) groups excluding carboxylic acids is 1. The fraction of sp³-hybridized carbons (Fsp3) is 0.118. The third-order valence-electron chi connectivity index (χ3n) is 3.49. The van der Waals surface area contributed by atoms with Gasteiger partial charge in [0.2, 0.25) is 0 Å². The molecule has 0 aliphatic carbocycles. The van der Waals surface area contributed by atoms with Gasteiger partial charge < -0.3 is 15.2 Å². The van der Waals surface area contributed by atoms with Crippen LogP contribution in [0.3, 0.4) is 0 Å². The normalized spacial score (nSPS) is 15.8. The lowest BCUT2D eigenvalue weighted by Gasteiger charge is -2.10. The molecule has 7 heteroatoms. The van der Waals surface area contributed by atoms with Crippen molar-refractivity contribution in [2.24, 2.45) is 0 Å². The summed E-state index contributed by atoms with van der Waals surface area (Å²) in [6.07, 6.45) is 3.99. The van der Waals surface area contributed by atoms with Crippen LogP contribution in [0.4, 0.5) is 5.69 Å². The van der Waals surface area contributed by atoms with Gasteiger partial charge in [0.1, 0.15) is 5.75 Å². The molecule has 0 bridgehead atoms. The number of nitrogens with zero attached hydrogens (tertiary/aromatic N) is 1. The minimum atomic E-state index is -1.04. The maximum absolute atomic E-state index is 12.2. The summed E-state index contributed by atoms with van der Waals surface area (Å²) in [5.74, 6) is -0.838. The number of carboxylic acids is 1. The zero-order valence-corrected chi connectivity index (χ0v) is 14.2. The minimum Gasteiger partial charge on any atom is -0.479 e. The van der Waals surface area contributed by atoms with Crippen LogP contribution in [0.15, 0.2) is 41.1 Å². The molecule has 0 spiro atoms. The molecule has 1 unspecified atom stereocenters. The van der Waals surface area contributed by atoms with Gasteiger partial charge >= 0.3 is 5.97 Å². The standard InChI is InChI=1S/C17H13BrN2O4/c1-9(17(22)23)24-11-4-2-3-10(5-11)6-12-15-13(18)7-19-8-14(15)20-16(12)21/h2-9H,1H3,(H,20,21)(H,22,23)/b12-6-. The molecule has 1 atom stereocenters. The van der Waals surface area contributed by atoms with E-state index in [1.54, 1.807) is 36.7 Å². The predicted molar refractivity (Wildman–Crippen MR) is 92.6 cm³/mol. The summed E-state index contributed by atoms with van der Waals surface area (Å²) in [5.41, 5.74) is 2.63. The molecule has 0 fully saturated rings. The molecule has 1 aliphatic rings. The Morgan fingerprint density at radius 2 is 2.21 bits per heavy atom. The van der Waals surface area contributed by atoms with E-state index in [4.69, 9.17) is 9.84 Å². The molecular formula is C17H13BrN2O4. The molecule has 1 aliphatic heterocycles. The van der Waals surface area contributed by atoms with E-state index < -0.39 is 12.1 Å². The van der Waals surface area contributed by atoms with Gasteiger partial charge in [-0.2, -0.15) is 0 Å². The molecule has 122 valence electrons. The van der Waals surface area contributed by atoms with E-state index in [0.29, 0.717) is 17.0 Å². The second-order valence-electron chi connectivity index (χ2n) is 5.23. The highest BCUT2D eigenvalue weighted by Gasteiger charge is 2.26. The molecule has 1 amide bonds. The number of carbonyl (C=O) groups is 2. The molecule has 2 N–H and O–H groups in total. The van der Waals surface area contributed by atoms with Crippen LogP contribution in [0.25, 0.3) is 11.6 Å². The molecule has 0 saturated carbocycles. The van der Waals surface area contributed by atoms with E-state index in [0.717, 1.165) is 15.6 Å². The molecule has 0 saturated heterocycles. The summed E-state index contributed by atoms with van der Waals surface area (Å²) >= 11 is 3.41. The van der Waals surface area contributed by atoms with Gasteiger partial charge in [-0.1, -0.05) is 12.1 Å². The Morgan fingerprint density at radius 1 is 1.42 bits per heavy atom. The van der Waals surface area contributed by atoms with Crippen molar-refractivity contribution in [3.63, 3.8) is 0 Å². The van der Waals surface area contributed by atoms with Crippen molar-refractivity contribution >= 4 is 45.1 Å². The Morgan fingerprint density at radius 3 is 2.96 bits per heavy atom. The average molecular weight is 389 g/mol. The van der Waals surface area contributed by atoms with E-state index >= 15 is 0 Å². The zero-order chi connectivity index (χ0) is 17.3. The number of nitrogens with one attached hydrogen (secondary N) is 1. The van der Waals surface area contributed by atoms with Gasteiger partial charge in [0.25, 0.3) is 5.91 Å². The van der Waals surface area contributed by atoms with Crippen molar-refractivity contribution < 1.29 is 19.4 Å². The molecule has 0 radical (unpaired) electrons. The van der Waals surface area contributed by atoms with Crippen LogP contribution >= 0.6 is 15.9 Å². The minimum absolute atomic E-state index is 0.219. The fourth-order valence-electron chi connectivity index (χ4n) is 2.34. The Labute approximate surface area is 146 Å². The monoisotopic (exact) mass is 388 g/mol. The number of pyridine rings is 1. The van der Waals surface area contributed by atoms with Crippen molar-refractivity contribution in [3.8, 4) is 5.75 Å². The highest BCUT2D eigenvalue weighted by Crippen LogP contribution is 2.37. The van der Waals surface area contributed by atoms with Crippen molar-refractivity contribution in [2.75, 3.05) is 5.32 Å². The Kier molecular flexibility index (Phi) is 4.35. The zero-order valence-electron chi connectivity index (χ0n) is 12.6. The first-order valence-electron chi connectivity index (χ1n) is 7.12. The number of ether oxygens (including phenoxy) is 1. The summed E-state index contributed by atoms with van der Waals surface area (Å²) in [6, 6.07) is 6.91. The number of aromatic nitrogens is 1. The molecule has 3 rings (SSSR count). The van der Waals surface area contributed by atoms with Crippen molar-refractivity contribution in [3.05, 3.63) is 52.3 Å². The predicted octanol–water partition coefficient (Wildman–Crippen LogP) is 3.19. The first kappa shape index (κ1) is 16.2. The number of rotatable bonds is 4. The van der Waals surface area contributed by atoms with Crippen LogP contribution in [-0.4, -0.2) is 28.1 Å². The second kappa shape index (κ2) is 6.45. The van der Waals surface area contributed by atoms with E-state index in [2.05, 4.69) is 26.2 Å². The largest absolute Gasteiger partial charge is 0.479 e. The maximum atomic E-state index is 12.2. The molecule has 24 heavy (non-hydrogen) atoms. The second-order valence-corrected chi connectivity index (χ2v) is 6.08. The lowest BCUT2D eigenvalue weighted by atomic mass is 10.1. The number of hydrogen-bond donors (Lipinski definition) is 2.